The predicted molar refractivity (Wildman–Crippen MR) is 132 cm³/mol. The van der Waals surface area contributed by atoms with E-state index in [4.69, 9.17) is 0 Å². The number of benzene rings is 2. The van der Waals surface area contributed by atoms with Gasteiger partial charge >= 0.3 is 6.18 Å². The number of aryl methyl sites for hydroxylation is 1. The van der Waals surface area contributed by atoms with E-state index in [-0.39, 0.29) is 36.2 Å². The Kier molecular flexibility index (Phi) is 6.15. The van der Waals surface area contributed by atoms with Crippen molar-refractivity contribution in [2.24, 2.45) is 7.05 Å². The third-order valence-corrected chi connectivity index (χ3v) is 7.81. The van der Waals surface area contributed by atoms with Crippen LogP contribution < -0.4 is 10.2 Å². The van der Waals surface area contributed by atoms with Crippen molar-refractivity contribution >= 4 is 11.6 Å². The summed E-state index contributed by atoms with van der Waals surface area (Å²) in [6, 6.07) is 9.42. The Labute approximate surface area is 213 Å². The number of carbonyl (C=O) groups is 1. The molecule has 0 bridgehead atoms. The first kappa shape index (κ1) is 25.4. The maximum absolute atomic E-state index is 14.1. The monoisotopic (exact) mass is 513 g/mol. The maximum atomic E-state index is 14.1. The van der Waals surface area contributed by atoms with E-state index in [0.717, 1.165) is 25.3 Å². The van der Waals surface area contributed by atoms with Crippen molar-refractivity contribution in [3.8, 4) is 0 Å². The zero-order chi connectivity index (χ0) is 26.6. The molecule has 1 aromatic heterocycles. The Hall–Kier alpha value is -3.24. The van der Waals surface area contributed by atoms with E-state index < -0.39 is 23.2 Å². The normalized spacial score (nSPS) is 18.5. The quantitative estimate of drug-likeness (QED) is 0.480. The van der Waals surface area contributed by atoms with Gasteiger partial charge in [0.15, 0.2) is 5.82 Å². The first-order valence-electron chi connectivity index (χ1n) is 12.4. The highest BCUT2D eigenvalue weighted by atomic mass is 19.4. The van der Waals surface area contributed by atoms with Gasteiger partial charge in [0.2, 0.25) is 0 Å². The zero-order valence-corrected chi connectivity index (χ0v) is 21.1. The summed E-state index contributed by atoms with van der Waals surface area (Å²) in [6.07, 6.45) is 0.225. The van der Waals surface area contributed by atoms with Gasteiger partial charge in [-0.3, -0.25) is 4.79 Å². The molecule has 7 nitrogen and oxygen atoms in total. The zero-order valence-electron chi connectivity index (χ0n) is 21.1. The van der Waals surface area contributed by atoms with Crippen molar-refractivity contribution in [2.45, 2.75) is 69.9 Å². The van der Waals surface area contributed by atoms with Crippen molar-refractivity contribution in [3.05, 3.63) is 76.4 Å². The molecule has 1 fully saturated rings. The summed E-state index contributed by atoms with van der Waals surface area (Å²) < 4.78 is 43.9. The van der Waals surface area contributed by atoms with Crippen LogP contribution >= 0.6 is 0 Å². The van der Waals surface area contributed by atoms with E-state index >= 15 is 0 Å². The van der Waals surface area contributed by atoms with Crippen LogP contribution in [-0.4, -0.2) is 31.3 Å². The number of alkyl halides is 3. The maximum Gasteiger partial charge on any atom is 0.416 e. The van der Waals surface area contributed by atoms with Gasteiger partial charge in [0.05, 0.1) is 12.1 Å². The summed E-state index contributed by atoms with van der Waals surface area (Å²) in [5, 5.41) is 22.8. The number of anilines is 1. The molecule has 2 heterocycles. The van der Waals surface area contributed by atoms with Gasteiger partial charge in [-0.25, -0.2) is 0 Å². The summed E-state index contributed by atoms with van der Waals surface area (Å²) in [6.45, 7) is 3.92. The van der Waals surface area contributed by atoms with Gasteiger partial charge in [0.25, 0.3) is 5.91 Å². The van der Waals surface area contributed by atoms with Gasteiger partial charge in [-0.15, -0.1) is 10.2 Å². The molecule has 0 saturated heterocycles. The van der Waals surface area contributed by atoms with Crippen LogP contribution in [0.25, 0.3) is 0 Å². The second-order valence-corrected chi connectivity index (χ2v) is 10.4. The third-order valence-electron chi connectivity index (χ3n) is 7.81. The van der Waals surface area contributed by atoms with Crippen LogP contribution in [0.5, 0.6) is 0 Å². The van der Waals surface area contributed by atoms with Gasteiger partial charge in [-0.1, -0.05) is 19.1 Å². The number of hydrogen-bond donors (Lipinski definition) is 2. The lowest BCUT2D eigenvalue weighted by Crippen LogP contribution is -2.47. The number of carbonyl (C=O) groups excluding carboxylic acids is 1. The Morgan fingerprint density at radius 2 is 1.95 bits per heavy atom. The molecule has 1 saturated carbocycles. The molecule has 2 aromatic carbocycles. The molecule has 2 N–H and O–H groups in total. The summed E-state index contributed by atoms with van der Waals surface area (Å²) in [5.74, 6) is -0.159. The lowest BCUT2D eigenvalue weighted by atomic mass is 9.78. The number of nitrogens with one attached hydrogen (secondary N) is 1. The van der Waals surface area contributed by atoms with E-state index in [1.165, 1.54) is 11.2 Å². The van der Waals surface area contributed by atoms with Crippen LogP contribution in [0.2, 0.25) is 0 Å². The predicted octanol–water partition coefficient (Wildman–Crippen LogP) is 4.67. The fourth-order valence-electron chi connectivity index (χ4n) is 5.31. The molecule has 1 unspecified atom stereocenters. The van der Waals surface area contributed by atoms with E-state index in [1.807, 2.05) is 0 Å². The van der Waals surface area contributed by atoms with Crippen LogP contribution in [-0.2, 0) is 31.9 Å². The molecule has 0 radical (unpaired) electrons. The molecule has 196 valence electrons. The minimum Gasteiger partial charge on any atom is -0.377 e. The van der Waals surface area contributed by atoms with Gasteiger partial charge in [-0.2, -0.15) is 13.2 Å². The highest BCUT2D eigenvalue weighted by Gasteiger charge is 2.41. The van der Waals surface area contributed by atoms with Gasteiger partial charge in [-0.05, 0) is 73.6 Å². The topological polar surface area (TPSA) is 83.3 Å². The number of halogens is 3. The molecule has 10 heteroatoms. The van der Waals surface area contributed by atoms with E-state index in [2.05, 4.69) is 22.4 Å². The second-order valence-electron chi connectivity index (χ2n) is 10.4. The fraction of sp³-hybridized carbons (Fsp3) is 0.444. The number of nitrogens with zero attached hydrogens (tertiary/aromatic N) is 4. The minimum atomic E-state index is -4.59. The average molecular weight is 514 g/mol. The van der Waals surface area contributed by atoms with E-state index in [9.17, 15) is 23.1 Å². The van der Waals surface area contributed by atoms with Crippen molar-refractivity contribution in [1.82, 2.24) is 20.1 Å². The first-order valence-corrected chi connectivity index (χ1v) is 12.4. The standard InChI is InChI=1S/C27H30F3N5O2/c1-4-26(37,24-33-32-16-34(24)3)18-7-5-8-19(13-18)35-15-21-20(23(35)36)11-17(12-22(21)27(28,29)30)14-31-25(2)9-6-10-25/h5,7-8,11-13,16,31,37H,4,6,9-10,14-15H2,1-3H3. The van der Waals surface area contributed by atoms with Crippen LogP contribution in [0.4, 0.5) is 18.9 Å². The number of amides is 1. The Bertz CT molecular complexity index is 1350. The van der Waals surface area contributed by atoms with Crippen LogP contribution in [0.1, 0.15) is 78.0 Å². The highest BCUT2D eigenvalue weighted by molar-refractivity contribution is 6.10. The van der Waals surface area contributed by atoms with Gasteiger partial charge < -0.3 is 19.9 Å². The summed E-state index contributed by atoms with van der Waals surface area (Å²) in [5.41, 5.74) is -0.987. The van der Waals surface area contributed by atoms with Crippen molar-refractivity contribution in [2.75, 3.05) is 4.90 Å². The molecule has 2 aliphatic rings. The third kappa shape index (κ3) is 4.42. The van der Waals surface area contributed by atoms with Crippen molar-refractivity contribution < 1.29 is 23.1 Å². The molecule has 37 heavy (non-hydrogen) atoms. The number of aliphatic hydroxyl groups is 1. The van der Waals surface area contributed by atoms with Crippen molar-refractivity contribution in [3.63, 3.8) is 0 Å². The SMILES string of the molecule is CCC(O)(c1cccc(N2Cc3c(cc(CNC4(C)CCC4)cc3C(F)(F)F)C2=O)c1)c1nncn1C. The Balaban J connectivity index is 1.50. The molecule has 3 aromatic rings. The number of hydrogen-bond acceptors (Lipinski definition) is 5. The molecule has 1 aliphatic heterocycles. The molecular formula is C27H30F3N5O2. The highest BCUT2D eigenvalue weighted by Crippen LogP contribution is 2.41. The van der Waals surface area contributed by atoms with Crippen LogP contribution in [0, 0.1) is 0 Å². The fourth-order valence-corrected chi connectivity index (χ4v) is 5.31. The van der Waals surface area contributed by atoms with Crippen molar-refractivity contribution in [1.29, 1.82) is 0 Å². The minimum absolute atomic E-state index is 0.0273. The molecule has 5 rings (SSSR count). The van der Waals surface area contributed by atoms with Crippen LogP contribution in [0.15, 0.2) is 42.7 Å². The van der Waals surface area contributed by atoms with Gasteiger partial charge in [0.1, 0.15) is 11.9 Å². The molecule has 0 spiro atoms. The van der Waals surface area contributed by atoms with Crippen LogP contribution in [0.3, 0.4) is 0 Å². The number of aromatic nitrogens is 3. The molecule has 1 amide bonds. The van der Waals surface area contributed by atoms with E-state index in [1.54, 1.807) is 48.9 Å². The Morgan fingerprint density at radius 1 is 1.19 bits per heavy atom. The summed E-state index contributed by atoms with van der Waals surface area (Å²) >= 11 is 0. The molecule has 1 atom stereocenters. The summed E-state index contributed by atoms with van der Waals surface area (Å²) in [4.78, 5) is 14.8. The second kappa shape index (κ2) is 8.95. The number of fused-ring (bicyclic) bond motifs is 1. The molecular weight excluding hydrogens is 483 g/mol. The lowest BCUT2D eigenvalue weighted by molar-refractivity contribution is -0.138. The summed E-state index contributed by atoms with van der Waals surface area (Å²) in [7, 11) is 1.72. The number of rotatable bonds is 7. The molecule has 1 aliphatic carbocycles. The van der Waals surface area contributed by atoms with Gasteiger partial charge in [0, 0.05) is 30.4 Å². The Morgan fingerprint density at radius 3 is 2.54 bits per heavy atom. The largest absolute Gasteiger partial charge is 0.416 e. The smallest absolute Gasteiger partial charge is 0.377 e. The van der Waals surface area contributed by atoms with E-state index in [0.29, 0.717) is 22.6 Å². The first-order chi connectivity index (χ1) is 17.4. The average Bonchev–Trinajstić information content (AvgIpc) is 3.43. The lowest BCUT2D eigenvalue weighted by Gasteiger charge is -2.39.